The van der Waals surface area contributed by atoms with Crippen molar-refractivity contribution in [3.63, 3.8) is 0 Å². The molecule has 3 nitrogen and oxygen atoms in total. The third-order valence-electron chi connectivity index (χ3n) is 0.432. The summed E-state index contributed by atoms with van der Waals surface area (Å²) in [4.78, 5) is 13.2. The van der Waals surface area contributed by atoms with Crippen molar-refractivity contribution < 1.29 is 9.53 Å². The first-order valence-electron chi connectivity index (χ1n) is 1.51. The lowest BCUT2D eigenvalue weighted by Gasteiger charge is -1.74. The highest BCUT2D eigenvalue weighted by Crippen LogP contribution is 1.82. The van der Waals surface area contributed by atoms with Crippen LogP contribution >= 0.6 is 0 Å². The van der Waals surface area contributed by atoms with Gasteiger partial charge in [0.2, 0.25) is 0 Å². The number of rotatable bonds is 0. The molecule has 0 aliphatic carbocycles. The zero-order valence-electron chi connectivity index (χ0n) is 2.97. The molecule has 0 aromatic rings. The summed E-state index contributed by atoms with van der Waals surface area (Å²) in [5.41, 5.74) is 0. The minimum Gasteiger partial charge on any atom is -0.401 e. The molecule has 3 heteroatoms. The van der Waals surface area contributed by atoms with Crippen LogP contribution in [0, 0.1) is 0 Å². The number of carbonyl (C=O) groups excluding carboxylic acids is 1. The van der Waals surface area contributed by atoms with E-state index in [1.165, 1.54) is 0 Å². The number of nitrogens with zero attached hydrogens (tertiary/aromatic N) is 1. The van der Waals surface area contributed by atoms with E-state index in [1.807, 2.05) is 6.40 Å². The molecule has 0 saturated heterocycles. The van der Waals surface area contributed by atoms with E-state index in [4.69, 9.17) is 0 Å². The van der Waals surface area contributed by atoms with E-state index < -0.39 is 0 Å². The molecule has 0 amide bonds. The summed E-state index contributed by atoms with van der Waals surface area (Å²) in [6, 6.07) is 0. The van der Waals surface area contributed by atoms with Crippen LogP contribution in [0.25, 0.3) is 0 Å². The third-order valence-corrected chi connectivity index (χ3v) is 0.432. The van der Waals surface area contributed by atoms with Gasteiger partial charge in [-0.05, 0) is 0 Å². The van der Waals surface area contributed by atoms with E-state index >= 15 is 0 Å². The maximum Gasteiger partial charge on any atom is 0.334 e. The van der Waals surface area contributed by atoms with Gasteiger partial charge in [-0.15, -0.1) is 0 Å². The van der Waals surface area contributed by atoms with Crippen LogP contribution in [0.5, 0.6) is 0 Å². The Morgan fingerprint density at radius 2 is 2.83 bits per heavy atom. The Balaban J connectivity index is 2.52. The Hall–Kier alpha value is -0.860. The second-order valence-corrected chi connectivity index (χ2v) is 0.882. The van der Waals surface area contributed by atoms with Gasteiger partial charge >= 0.3 is 5.97 Å². The zero-order chi connectivity index (χ0) is 4.41. The predicted octanol–water partition coefficient (Wildman–Crippen LogP) is -0.551. The molecule has 1 aliphatic heterocycles. The molecule has 6 heavy (non-hydrogen) atoms. The van der Waals surface area contributed by atoms with Crippen molar-refractivity contribution >= 4 is 12.4 Å². The van der Waals surface area contributed by atoms with Crippen molar-refractivity contribution in [3.05, 3.63) is 0 Å². The number of esters is 1. The highest BCUT2D eigenvalue weighted by molar-refractivity contribution is 5.84. The van der Waals surface area contributed by atoms with E-state index in [0.29, 0.717) is 0 Å². The van der Waals surface area contributed by atoms with Crippen LogP contribution in [0.3, 0.4) is 0 Å². The van der Waals surface area contributed by atoms with E-state index in [9.17, 15) is 4.79 Å². The Kier molecular flexibility index (Phi) is 0.602. The van der Waals surface area contributed by atoms with Gasteiger partial charge in [-0.1, -0.05) is 0 Å². The number of cyclic esters (lactones) is 1. The molecule has 0 fully saturated rings. The fourth-order valence-electron chi connectivity index (χ4n) is 0.212. The molecule has 1 heterocycles. The lowest BCUT2D eigenvalue weighted by atomic mass is 10.7. The molecule has 0 spiro atoms. The quantitative estimate of drug-likeness (QED) is 0.369. The van der Waals surface area contributed by atoms with Crippen LogP contribution in [0.4, 0.5) is 0 Å². The Morgan fingerprint density at radius 3 is 3.00 bits per heavy atom. The zero-order valence-corrected chi connectivity index (χ0v) is 2.97. The number of carbonyl (C=O) groups is 1. The predicted molar refractivity (Wildman–Crippen MR) is 18.4 cm³/mol. The fourth-order valence-corrected chi connectivity index (χ4v) is 0.212. The molecule has 0 N–H and O–H groups in total. The average molecular weight is 84.1 g/mol. The van der Waals surface area contributed by atoms with Crippen LogP contribution in [0.15, 0.2) is 4.99 Å². The van der Waals surface area contributed by atoms with Crippen LogP contribution < -0.4 is 0 Å². The molecule has 1 radical (unpaired) electrons. The summed E-state index contributed by atoms with van der Waals surface area (Å²) in [5.74, 6) is -0.324. The summed E-state index contributed by atoms with van der Waals surface area (Å²) in [6.45, 7) is 0.139. The first kappa shape index (κ1) is 3.33. The van der Waals surface area contributed by atoms with Gasteiger partial charge in [0.25, 0.3) is 6.40 Å². The summed E-state index contributed by atoms with van der Waals surface area (Å²) in [6.07, 6.45) is 2.05. The topological polar surface area (TPSA) is 38.7 Å². The molecule has 1 rings (SSSR count). The second-order valence-electron chi connectivity index (χ2n) is 0.882. The van der Waals surface area contributed by atoms with Gasteiger partial charge in [0.1, 0.15) is 6.54 Å². The molecule has 1 aliphatic rings. The average Bonchev–Trinajstić information content (AvgIpc) is 1.86. The number of ether oxygens (including phenoxy) is 1. The number of aliphatic imine (C=N–C) groups is 1. The largest absolute Gasteiger partial charge is 0.401 e. The molecule has 0 aromatic carbocycles. The summed E-state index contributed by atoms with van der Waals surface area (Å²) in [5, 5.41) is 0. The maximum absolute atomic E-state index is 9.86. The summed E-state index contributed by atoms with van der Waals surface area (Å²) < 4.78 is 4.10. The van der Waals surface area contributed by atoms with E-state index in [1.54, 1.807) is 0 Å². The van der Waals surface area contributed by atoms with E-state index in [-0.39, 0.29) is 12.5 Å². The Labute approximate surface area is 34.6 Å². The molecule has 31 valence electrons. The van der Waals surface area contributed by atoms with Gasteiger partial charge in [-0.2, -0.15) is 0 Å². The van der Waals surface area contributed by atoms with Crippen molar-refractivity contribution in [2.24, 2.45) is 4.99 Å². The second kappa shape index (κ2) is 1.08. The van der Waals surface area contributed by atoms with Gasteiger partial charge < -0.3 is 4.74 Å². The summed E-state index contributed by atoms with van der Waals surface area (Å²) in [7, 11) is 0. The van der Waals surface area contributed by atoms with Gasteiger partial charge in [0.05, 0.1) is 0 Å². The van der Waals surface area contributed by atoms with E-state index in [2.05, 4.69) is 9.73 Å². The number of hydrogen-bond donors (Lipinski definition) is 0. The minimum atomic E-state index is -0.324. The van der Waals surface area contributed by atoms with Gasteiger partial charge in [-0.25, -0.2) is 9.79 Å². The highest BCUT2D eigenvalue weighted by Gasteiger charge is 2.03. The van der Waals surface area contributed by atoms with Crippen molar-refractivity contribution in [1.82, 2.24) is 0 Å². The monoisotopic (exact) mass is 84.0 g/mol. The van der Waals surface area contributed by atoms with Crippen LogP contribution in [-0.2, 0) is 9.53 Å². The fraction of sp³-hybridized carbons (Fsp3) is 0.333. The lowest BCUT2D eigenvalue weighted by molar-refractivity contribution is -0.131. The molecule has 0 atom stereocenters. The van der Waals surface area contributed by atoms with Crippen molar-refractivity contribution in [1.29, 1.82) is 0 Å². The van der Waals surface area contributed by atoms with Crippen molar-refractivity contribution in [2.45, 2.75) is 0 Å². The Morgan fingerprint density at radius 1 is 2.00 bits per heavy atom. The SMILES string of the molecule is O=C1CN=[C]O1. The van der Waals surface area contributed by atoms with E-state index in [0.717, 1.165) is 0 Å². The Bertz CT molecular complexity index is 87.0. The highest BCUT2D eigenvalue weighted by atomic mass is 16.5. The van der Waals surface area contributed by atoms with Crippen LogP contribution in [-0.4, -0.2) is 18.9 Å². The standard InChI is InChI=1S/C3H2NO2/c5-3-1-4-2-6-3/h1H2. The van der Waals surface area contributed by atoms with Crippen LogP contribution in [0.2, 0.25) is 0 Å². The van der Waals surface area contributed by atoms with Gasteiger partial charge in [-0.3, -0.25) is 0 Å². The smallest absolute Gasteiger partial charge is 0.334 e. The maximum atomic E-state index is 9.86. The molecule has 0 saturated carbocycles. The van der Waals surface area contributed by atoms with Crippen LogP contribution in [0.1, 0.15) is 0 Å². The molecular weight excluding hydrogens is 82.0 g/mol. The molecule has 0 unspecified atom stereocenters. The molecular formula is C3H2NO2. The summed E-state index contributed by atoms with van der Waals surface area (Å²) >= 11 is 0. The first-order chi connectivity index (χ1) is 2.89. The third kappa shape index (κ3) is 0.381. The lowest BCUT2D eigenvalue weighted by Crippen LogP contribution is -1.95. The van der Waals surface area contributed by atoms with Crippen molar-refractivity contribution in [2.75, 3.05) is 6.54 Å². The number of hydrogen-bond acceptors (Lipinski definition) is 3. The normalized spacial score (nSPS) is 18.3. The molecule has 0 aromatic heterocycles. The minimum absolute atomic E-state index is 0.139. The van der Waals surface area contributed by atoms with Gasteiger partial charge in [0, 0.05) is 0 Å². The van der Waals surface area contributed by atoms with Gasteiger partial charge in [0.15, 0.2) is 0 Å². The first-order valence-corrected chi connectivity index (χ1v) is 1.51. The molecule has 0 bridgehead atoms. The van der Waals surface area contributed by atoms with Crippen molar-refractivity contribution in [3.8, 4) is 0 Å².